The van der Waals surface area contributed by atoms with Crippen LogP contribution in [0.4, 0.5) is 4.39 Å². The molecule has 2 rings (SSSR count). The normalized spacial score (nSPS) is 35.0. The summed E-state index contributed by atoms with van der Waals surface area (Å²) in [5, 5.41) is 0. The van der Waals surface area contributed by atoms with Crippen molar-refractivity contribution in [1.29, 1.82) is 0 Å². The van der Waals surface area contributed by atoms with E-state index in [1.54, 1.807) is 6.07 Å². The maximum absolute atomic E-state index is 13.8. The van der Waals surface area contributed by atoms with Gasteiger partial charge in [0.25, 0.3) is 0 Å². The molecule has 0 aliphatic heterocycles. The summed E-state index contributed by atoms with van der Waals surface area (Å²) >= 11 is 0. The first kappa shape index (κ1) is 11.6. The molecule has 0 heterocycles. The molecule has 0 aromatic heterocycles. The molecule has 1 saturated carbocycles. The molecule has 88 valence electrons. The Morgan fingerprint density at radius 3 is 2.62 bits per heavy atom. The topological polar surface area (TPSA) is 26.0 Å². The van der Waals surface area contributed by atoms with Crippen molar-refractivity contribution in [3.63, 3.8) is 0 Å². The summed E-state index contributed by atoms with van der Waals surface area (Å²) in [4.78, 5) is 0. The molecular weight excluding hydrogens is 201 g/mol. The van der Waals surface area contributed by atoms with Gasteiger partial charge in [0, 0.05) is 11.1 Å². The fourth-order valence-corrected chi connectivity index (χ4v) is 2.90. The van der Waals surface area contributed by atoms with E-state index >= 15 is 0 Å². The molecule has 0 saturated heterocycles. The lowest BCUT2D eigenvalue weighted by atomic mass is 9.67. The van der Waals surface area contributed by atoms with Gasteiger partial charge in [0.2, 0.25) is 0 Å². The lowest BCUT2D eigenvalue weighted by Gasteiger charge is -2.42. The predicted molar refractivity (Wildman–Crippen MR) is 64.4 cm³/mol. The molecule has 3 atom stereocenters. The number of hydrogen-bond donors (Lipinski definition) is 1. The van der Waals surface area contributed by atoms with E-state index in [4.69, 9.17) is 5.73 Å². The van der Waals surface area contributed by atoms with Gasteiger partial charge in [0.1, 0.15) is 5.82 Å². The Morgan fingerprint density at radius 1 is 1.31 bits per heavy atom. The van der Waals surface area contributed by atoms with Gasteiger partial charge in [-0.05, 0) is 37.2 Å². The summed E-state index contributed by atoms with van der Waals surface area (Å²) in [5.41, 5.74) is 6.66. The highest BCUT2D eigenvalue weighted by Gasteiger charge is 2.39. The SMILES string of the molecule is CC1CCC(N)(c2ccccc2F)C(C)C1. The van der Waals surface area contributed by atoms with Crippen molar-refractivity contribution < 1.29 is 4.39 Å². The van der Waals surface area contributed by atoms with Crippen molar-refractivity contribution in [3.8, 4) is 0 Å². The maximum Gasteiger partial charge on any atom is 0.128 e. The Balaban J connectivity index is 2.35. The molecule has 0 amide bonds. The van der Waals surface area contributed by atoms with Crippen molar-refractivity contribution in [2.75, 3.05) is 0 Å². The predicted octanol–water partition coefficient (Wildman–Crippen LogP) is 3.44. The van der Waals surface area contributed by atoms with Gasteiger partial charge in [0.05, 0.1) is 0 Å². The van der Waals surface area contributed by atoms with Gasteiger partial charge < -0.3 is 5.73 Å². The van der Waals surface area contributed by atoms with Crippen LogP contribution in [0.15, 0.2) is 24.3 Å². The van der Waals surface area contributed by atoms with Crippen molar-refractivity contribution in [2.45, 2.75) is 38.6 Å². The summed E-state index contributed by atoms with van der Waals surface area (Å²) in [6.07, 6.45) is 3.07. The highest BCUT2D eigenvalue weighted by atomic mass is 19.1. The van der Waals surface area contributed by atoms with Crippen molar-refractivity contribution in [1.82, 2.24) is 0 Å². The summed E-state index contributed by atoms with van der Waals surface area (Å²) in [7, 11) is 0. The zero-order valence-electron chi connectivity index (χ0n) is 10.0. The molecule has 1 aliphatic rings. The molecule has 1 nitrogen and oxygen atoms in total. The van der Waals surface area contributed by atoms with E-state index in [0.717, 1.165) is 19.3 Å². The van der Waals surface area contributed by atoms with E-state index in [-0.39, 0.29) is 5.82 Å². The van der Waals surface area contributed by atoms with Crippen LogP contribution in [0, 0.1) is 17.7 Å². The smallest absolute Gasteiger partial charge is 0.128 e. The average molecular weight is 221 g/mol. The third kappa shape index (κ3) is 1.86. The molecule has 16 heavy (non-hydrogen) atoms. The zero-order valence-corrected chi connectivity index (χ0v) is 10.0. The molecule has 3 unspecified atom stereocenters. The average Bonchev–Trinajstić information content (AvgIpc) is 2.25. The Morgan fingerprint density at radius 2 is 2.00 bits per heavy atom. The Bertz CT molecular complexity index is 377. The minimum Gasteiger partial charge on any atom is -0.321 e. The molecule has 0 spiro atoms. The van der Waals surface area contributed by atoms with Crippen molar-refractivity contribution in [3.05, 3.63) is 35.6 Å². The van der Waals surface area contributed by atoms with Gasteiger partial charge in [-0.15, -0.1) is 0 Å². The van der Waals surface area contributed by atoms with Crippen LogP contribution in [-0.2, 0) is 5.54 Å². The van der Waals surface area contributed by atoms with Crippen LogP contribution < -0.4 is 5.73 Å². The van der Waals surface area contributed by atoms with E-state index in [1.165, 1.54) is 6.07 Å². The summed E-state index contributed by atoms with van der Waals surface area (Å²) in [6.45, 7) is 4.39. The van der Waals surface area contributed by atoms with Gasteiger partial charge >= 0.3 is 0 Å². The lowest BCUT2D eigenvalue weighted by molar-refractivity contribution is 0.160. The number of benzene rings is 1. The monoisotopic (exact) mass is 221 g/mol. The van der Waals surface area contributed by atoms with Gasteiger partial charge in [-0.3, -0.25) is 0 Å². The van der Waals surface area contributed by atoms with E-state index in [1.807, 2.05) is 12.1 Å². The first-order valence-electron chi connectivity index (χ1n) is 6.08. The third-order valence-electron chi connectivity index (χ3n) is 4.06. The Hall–Kier alpha value is -0.890. The van der Waals surface area contributed by atoms with E-state index in [9.17, 15) is 4.39 Å². The third-order valence-corrected chi connectivity index (χ3v) is 4.06. The number of halogens is 1. The van der Waals surface area contributed by atoms with E-state index in [0.29, 0.717) is 17.4 Å². The van der Waals surface area contributed by atoms with Crippen LogP contribution in [0.2, 0.25) is 0 Å². The number of rotatable bonds is 1. The van der Waals surface area contributed by atoms with E-state index < -0.39 is 5.54 Å². The van der Waals surface area contributed by atoms with Crippen molar-refractivity contribution in [2.24, 2.45) is 17.6 Å². The first-order valence-corrected chi connectivity index (χ1v) is 6.08. The molecule has 1 aliphatic carbocycles. The quantitative estimate of drug-likeness (QED) is 0.772. The molecule has 0 radical (unpaired) electrons. The fourth-order valence-electron chi connectivity index (χ4n) is 2.90. The Labute approximate surface area is 96.9 Å². The Kier molecular flexibility index (Phi) is 3.02. The standard InChI is InChI=1S/C14H20FN/c1-10-7-8-14(16,11(2)9-10)12-5-3-4-6-13(12)15/h3-6,10-11H,7-9,16H2,1-2H3. The van der Waals surface area contributed by atoms with E-state index in [2.05, 4.69) is 13.8 Å². The van der Waals surface area contributed by atoms with Crippen LogP contribution >= 0.6 is 0 Å². The van der Waals surface area contributed by atoms with Crippen LogP contribution in [0.5, 0.6) is 0 Å². The van der Waals surface area contributed by atoms with Crippen LogP contribution in [0.25, 0.3) is 0 Å². The lowest BCUT2D eigenvalue weighted by Crippen LogP contribution is -2.47. The van der Waals surface area contributed by atoms with Crippen LogP contribution in [0.3, 0.4) is 0 Å². The maximum atomic E-state index is 13.8. The second-order valence-corrected chi connectivity index (χ2v) is 5.30. The van der Waals surface area contributed by atoms with Gasteiger partial charge in [-0.2, -0.15) is 0 Å². The molecule has 2 N–H and O–H groups in total. The molecule has 2 heteroatoms. The van der Waals surface area contributed by atoms with Gasteiger partial charge in [-0.25, -0.2) is 4.39 Å². The minimum atomic E-state index is -0.474. The minimum absolute atomic E-state index is 0.161. The van der Waals surface area contributed by atoms with Crippen LogP contribution in [0.1, 0.15) is 38.7 Å². The summed E-state index contributed by atoms with van der Waals surface area (Å²) < 4.78 is 13.8. The number of hydrogen-bond acceptors (Lipinski definition) is 1. The first-order chi connectivity index (χ1) is 7.54. The van der Waals surface area contributed by atoms with Gasteiger partial charge in [0.15, 0.2) is 0 Å². The molecule has 1 fully saturated rings. The summed E-state index contributed by atoms with van der Waals surface area (Å²) in [6, 6.07) is 6.94. The fraction of sp³-hybridized carbons (Fsp3) is 0.571. The largest absolute Gasteiger partial charge is 0.321 e. The second kappa shape index (κ2) is 4.17. The highest BCUT2D eigenvalue weighted by Crippen LogP contribution is 2.42. The van der Waals surface area contributed by atoms with Crippen LogP contribution in [-0.4, -0.2) is 0 Å². The molecule has 1 aromatic rings. The zero-order chi connectivity index (χ0) is 11.8. The second-order valence-electron chi connectivity index (χ2n) is 5.30. The molecule has 1 aromatic carbocycles. The van der Waals surface area contributed by atoms with Crippen molar-refractivity contribution >= 4 is 0 Å². The highest BCUT2D eigenvalue weighted by molar-refractivity contribution is 5.27. The molecule has 0 bridgehead atoms. The molecular formula is C14H20FN. The van der Waals surface area contributed by atoms with Gasteiger partial charge in [-0.1, -0.05) is 32.0 Å². The summed E-state index contributed by atoms with van der Waals surface area (Å²) in [5.74, 6) is 0.887. The number of nitrogens with two attached hydrogens (primary N) is 1.